The Morgan fingerprint density at radius 1 is 0.950 bits per heavy atom. The van der Waals surface area contributed by atoms with Gasteiger partial charge in [0.25, 0.3) is 0 Å². The molecular weight excluding hydrogens is 383 g/mol. The van der Waals surface area contributed by atoms with Crippen molar-refractivity contribution >= 4 is 34.2 Å². The smallest absolute Gasteiger partial charge is 0.118 e. The molecule has 0 N–H and O–H groups in total. The second-order valence-corrected chi connectivity index (χ2v) is 6.46. The zero-order chi connectivity index (χ0) is 14.4. The summed E-state index contributed by atoms with van der Waals surface area (Å²) in [6, 6.07) is 16.9. The van der Waals surface area contributed by atoms with Crippen molar-refractivity contribution in [2.75, 3.05) is 13.0 Å². The third kappa shape index (κ3) is 4.67. The van der Waals surface area contributed by atoms with E-state index in [0.29, 0.717) is 11.8 Å². The van der Waals surface area contributed by atoms with Gasteiger partial charge in [-0.15, -0.1) is 11.6 Å². The molecule has 2 aromatic rings. The van der Waals surface area contributed by atoms with E-state index in [-0.39, 0.29) is 0 Å². The maximum atomic E-state index is 6.13. The standard InChI is InChI=1S/C17H18ClIO/c1-20-17-8-4-14(5-9-17)11-15(12-18)10-13-2-6-16(19)7-3-13/h2-9,15H,10-12H2,1H3. The van der Waals surface area contributed by atoms with Gasteiger partial charge in [0, 0.05) is 9.45 Å². The lowest BCUT2D eigenvalue weighted by atomic mass is 9.94. The van der Waals surface area contributed by atoms with Gasteiger partial charge in [-0.25, -0.2) is 0 Å². The normalized spacial score (nSPS) is 12.2. The molecule has 0 saturated heterocycles. The number of rotatable bonds is 6. The minimum absolute atomic E-state index is 0.463. The summed E-state index contributed by atoms with van der Waals surface area (Å²) in [4.78, 5) is 0. The van der Waals surface area contributed by atoms with E-state index in [1.165, 1.54) is 14.7 Å². The van der Waals surface area contributed by atoms with Crippen LogP contribution in [0.5, 0.6) is 5.75 Å². The fourth-order valence-electron chi connectivity index (χ4n) is 2.23. The molecule has 2 aromatic carbocycles. The number of alkyl halides is 1. The van der Waals surface area contributed by atoms with E-state index in [9.17, 15) is 0 Å². The Labute approximate surface area is 139 Å². The van der Waals surface area contributed by atoms with Gasteiger partial charge in [0.2, 0.25) is 0 Å². The van der Waals surface area contributed by atoms with Gasteiger partial charge in [-0.3, -0.25) is 0 Å². The highest BCUT2D eigenvalue weighted by Gasteiger charge is 2.10. The SMILES string of the molecule is COc1ccc(CC(CCl)Cc2ccc(I)cc2)cc1. The van der Waals surface area contributed by atoms with Gasteiger partial charge in [-0.2, -0.15) is 0 Å². The summed E-state index contributed by atoms with van der Waals surface area (Å²) >= 11 is 8.46. The monoisotopic (exact) mass is 400 g/mol. The maximum Gasteiger partial charge on any atom is 0.118 e. The summed E-state index contributed by atoms with van der Waals surface area (Å²) in [6.07, 6.45) is 2.02. The second-order valence-electron chi connectivity index (χ2n) is 4.90. The van der Waals surface area contributed by atoms with Crippen LogP contribution in [-0.4, -0.2) is 13.0 Å². The fraction of sp³-hybridized carbons (Fsp3) is 0.294. The molecule has 0 radical (unpaired) electrons. The Kier molecular flexibility index (Phi) is 6.17. The second kappa shape index (κ2) is 7.89. The molecule has 1 atom stereocenters. The zero-order valence-electron chi connectivity index (χ0n) is 11.5. The third-order valence-corrected chi connectivity index (χ3v) is 4.49. The van der Waals surface area contributed by atoms with Crippen molar-refractivity contribution in [1.29, 1.82) is 0 Å². The topological polar surface area (TPSA) is 9.23 Å². The van der Waals surface area contributed by atoms with Crippen molar-refractivity contribution in [3.05, 3.63) is 63.2 Å². The average molecular weight is 401 g/mol. The Morgan fingerprint density at radius 3 is 1.90 bits per heavy atom. The molecule has 3 heteroatoms. The van der Waals surface area contributed by atoms with Gasteiger partial charge < -0.3 is 4.74 Å². The molecule has 20 heavy (non-hydrogen) atoms. The lowest BCUT2D eigenvalue weighted by Crippen LogP contribution is -2.10. The van der Waals surface area contributed by atoms with E-state index in [1.807, 2.05) is 12.1 Å². The molecule has 0 spiro atoms. The van der Waals surface area contributed by atoms with Crippen molar-refractivity contribution in [1.82, 2.24) is 0 Å². The molecule has 0 saturated carbocycles. The van der Waals surface area contributed by atoms with Crippen LogP contribution in [0.4, 0.5) is 0 Å². The van der Waals surface area contributed by atoms with E-state index in [1.54, 1.807) is 7.11 Å². The van der Waals surface area contributed by atoms with Crippen molar-refractivity contribution in [2.45, 2.75) is 12.8 Å². The highest BCUT2D eigenvalue weighted by Crippen LogP contribution is 2.19. The number of ether oxygens (including phenoxy) is 1. The minimum atomic E-state index is 0.463. The molecule has 0 aromatic heterocycles. The van der Waals surface area contributed by atoms with Crippen LogP contribution in [0.3, 0.4) is 0 Å². The van der Waals surface area contributed by atoms with Crippen LogP contribution in [-0.2, 0) is 12.8 Å². The fourth-order valence-corrected chi connectivity index (χ4v) is 2.81. The molecule has 1 nitrogen and oxygen atoms in total. The van der Waals surface area contributed by atoms with Crippen LogP contribution in [0.25, 0.3) is 0 Å². The predicted molar refractivity (Wildman–Crippen MR) is 93.8 cm³/mol. The minimum Gasteiger partial charge on any atom is -0.497 e. The first kappa shape index (κ1) is 15.6. The number of halogens is 2. The number of methoxy groups -OCH3 is 1. The summed E-state index contributed by atoms with van der Waals surface area (Å²) in [5.41, 5.74) is 2.66. The summed E-state index contributed by atoms with van der Waals surface area (Å²) in [5.74, 6) is 2.04. The van der Waals surface area contributed by atoms with Gasteiger partial charge in [0.15, 0.2) is 0 Å². The van der Waals surface area contributed by atoms with Gasteiger partial charge >= 0.3 is 0 Å². The lowest BCUT2D eigenvalue weighted by Gasteiger charge is -2.14. The number of hydrogen-bond acceptors (Lipinski definition) is 1. The van der Waals surface area contributed by atoms with Crippen molar-refractivity contribution < 1.29 is 4.74 Å². The lowest BCUT2D eigenvalue weighted by molar-refractivity contribution is 0.414. The van der Waals surface area contributed by atoms with Crippen LogP contribution in [0.1, 0.15) is 11.1 Å². The first-order valence-corrected chi connectivity index (χ1v) is 8.26. The maximum absolute atomic E-state index is 6.13. The number of hydrogen-bond donors (Lipinski definition) is 0. The molecule has 0 aliphatic rings. The number of benzene rings is 2. The highest BCUT2D eigenvalue weighted by molar-refractivity contribution is 14.1. The third-order valence-electron chi connectivity index (χ3n) is 3.34. The first-order valence-electron chi connectivity index (χ1n) is 6.64. The summed E-state index contributed by atoms with van der Waals surface area (Å²) < 4.78 is 6.45. The largest absolute Gasteiger partial charge is 0.497 e. The summed E-state index contributed by atoms with van der Waals surface area (Å²) in [6.45, 7) is 0. The van der Waals surface area contributed by atoms with Crippen LogP contribution in [0.2, 0.25) is 0 Å². The molecule has 0 aliphatic heterocycles. The van der Waals surface area contributed by atoms with Crippen LogP contribution in [0, 0.1) is 9.49 Å². The Morgan fingerprint density at radius 2 is 1.45 bits per heavy atom. The molecule has 0 aliphatic carbocycles. The molecule has 0 fully saturated rings. The molecule has 106 valence electrons. The Hall–Kier alpha value is -0.740. The molecule has 0 amide bonds. The first-order chi connectivity index (χ1) is 9.71. The quantitative estimate of drug-likeness (QED) is 0.493. The highest BCUT2D eigenvalue weighted by atomic mass is 127. The van der Waals surface area contributed by atoms with E-state index >= 15 is 0 Å². The van der Waals surface area contributed by atoms with E-state index in [4.69, 9.17) is 16.3 Å². The van der Waals surface area contributed by atoms with Gasteiger partial charge in [-0.05, 0) is 76.7 Å². The zero-order valence-corrected chi connectivity index (χ0v) is 14.4. The predicted octanol–water partition coefficient (Wildman–Crippen LogP) is 4.94. The molecule has 0 heterocycles. The van der Waals surface area contributed by atoms with E-state index in [2.05, 4.69) is 59.0 Å². The van der Waals surface area contributed by atoms with Crippen LogP contribution >= 0.6 is 34.2 Å². The Balaban J connectivity index is 1.99. The van der Waals surface area contributed by atoms with Crippen molar-refractivity contribution in [3.8, 4) is 5.75 Å². The van der Waals surface area contributed by atoms with Crippen LogP contribution in [0.15, 0.2) is 48.5 Å². The van der Waals surface area contributed by atoms with Gasteiger partial charge in [0.05, 0.1) is 7.11 Å². The van der Waals surface area contributed by atoms with Crippen molar-refractivity contribution in [3.63, 3.8) is 0 Å². The van der Waals surface area contributed by atoms with Crippen LogP contribution < -0.4 is 4.74 Å². The van der Waals surface area contributed by atoms with Crippen molar-refractivity contribution in [2.24, 2.45) is 5.92 Å². The van der Waals surface area contributed by atoms with Gasteiger partial charge in [-0.1, -0.05) is 24.3 Å². The molecule has 2 rings (SSSR count). The molecule has 1 unspecified atom stereocenters. The summed E-state index contributed by atoms with van der Waals surface area (Å²) in [5, 5.41) is 0. The summed E-state index contributed by atoms with van der Waals surface area (Å²) in [7, 11) is 1.69. The Bertz CT molecular complexity index is 522. The molecule has 0 bridgehead atoms. The van der Waals surface area contributed by atoms with E-state index in [0.717, 1.165) is 18.6 Å². The van der Waals surface area contributed by atoms with E-state index < -0.39 is 0 Å². The van der Waals surface area contributed by atoms with Gasteiger partial charge in [0.1, 0.15) is 5.75 Å². The average Bonchev–Trinajstić information content (AvgIpc) is 2.49. The molecular formula is C17H18ClIO.